The van der Waals surface area contributed by atoms with Crippen LogP contribution in [0.15, 0.2) is 29.3 Å². The molecular weight excluding hydrogens is 389 g/mol. The third-order valence-corrected chi connectivity index (χ3v) is 3.36. The Labute approximate surface area is 151 Å². The highest BCUT2D eigenvalue weighted by atomic mass is 127. The van der Waals surface area contributed by atoms with E-state index in [1.165, 1.54) is 11.1 Å². The van der Waals surface area contributed by atoms with Gasteiger partial charge in [-0.15, -0.1) is 24.0 Å². The fraction of sp³-hybridized carbons (Fsp3) is 0.588. The smallest absolute Gasteiger partial charge is 0.188 e. The van der Waals surface area contributed by atoms with E-state index in [2.05, 4.69) is 48.4 Å². The molecule has 1 atom stereocenters. The first kappa shape index (κ1) is 21.2. The molecule has 3 N–H and O–H groups in total. The average Bonchev–Trinajstić information content (AvgIpc) is 2.44. The van der Waals surface area contributed by atoms with E-state index in [9.17, 15) is 0 Å². The van der Waals surface area contributed by atoms with Crippen LogP contribution in [0.4, 0.5) is 0 Å². The minimum atomic E-state index is 0. The number of hydrogen-bond acceptors (Lipinski definition) is 2. The Kier molecular flexibility index (Phi) is 11.3. The summed E-state index contributed by atoms with van der Waals surface area (Å²) in [6.45, 7) is 7.80. The quantitative estimate of drug-likeness (QED) is 0.294. The summed E-state index contributed by atoms with van der Waals surface area (Å²) < 4.78 is 5.04. The number of nitrogens with two attached hydrogens (primary N) is 1. The van der Waals surface area contributed by atoms with Crippen LogP contribution in [0.2, 0.25) is 0 Å². The molecule has 4 nitrogen and oxygen atoms in total. The number of aliphatic imine (C=N–C) groups is 1. The normalized spacial score (nSPS) is 12.9. The summed E-state index contributed by atoms with van der Waals surface area (Å²) in [4.78, 5) is 4.33. The number of benzene rings is 1. The van der Waals surface area contributed by atoms with Crippen molar-refractivity contribution in [3.63, 3.8) is 0 Å². The van der Waals surface area contributed by atoms with Crippen LogP contribution < -0.4 is 11.1 Å². The number of methoxy groups -OCH3 is 1. The lowest BCUT2D eigenvalue weighted by molar-refractivity contribution is 0.179. The summed E-state index contributed by atoms with van der Waals surface area (Å²) in [6, 6.07) is 9.03. The topological polar surface area (TPSA) is 59.6 Å². The maximum Gasteiger partial charge on any atom is 0.188 e. The van der Waals surface area contributed by atoms with Crippen molar-refractivity contribution in [1.82, 2.24) is 5.32 Å². The molecular formula is C17H30IN3O. The molecule has 0 aliphatic carbocycles. The molecule has 0 bridgehead atoms. The Morgan fingerprint density at radius 3 is 2.41 bits per heavy atom. The highest BCUT2D eigenvalue weighted by molar-refractivity contribution is 14.0. The number of guanidine groups is 1. The van der Waals surface area contributed by atoms with Crippen LogP contribution >= 0.6 is 24.0 Å². The molecule has 1 aromatic rings. The standard InChI is InChI=1S/C17H29N3O.HI/c1-13(2)16-9-7-15(8-10-16)6-5-11-19-17(18)20-14(3)12-21-4;/h7-10,13-14H,5-6,11-12H2,1-4H3,(H3,18,19,20);1H. The number of hydrogen-bond donors (Lipinski definition) is 2. The first-order chi connectivity index (χ1) is 10.0. The molecule has 0 amide bonds. The van der Waals surface area contributed by atoms with Crippen LogP contribution in [0, 0.1) is 0 Å². The van der Waals surface area contributed by atoms with Crippen molar-refractivity contribution in [2.75, 3.05) is 20.3 Å². The van der Waals surface area contributed by atoms with E-state index in [1.807, 2.05) is 6.92 Å². The first-order valence-corrected chi connectivity index (χ1v) is 7.67. The fourth-order valence-electron chi connectivity index (χ4n) is 2.14. The van der Waals surface area contributed by atoms with Gasteiger partial charge in [-0.25, -0.2) is 0 Å². The molecule has 22 heavy (non-hydrogen) atoms. The van der Waals surface area contributed by atoms with Crippen molar-refractivity contribution < 1.29 is 4.74 Å². The summed E-state index contributed by atoms with van der Waals surface area (Å²) in [5.74, 6) is 1.08. The van der Waals surface area contributed by atoms with E-state index in [0.29, 0.717) is 18.5 Å². The second kappa shape index (κ2) is 11.7. The molecule has 0 aliphatic rings. The van der Waals surface area contributed by atoms with Crippen molar-refractivity contribution in [3.8, 4) is 0 Å². The highest BCUT2D eigenvalue weighted by Gasteiger charge is 2.01. The zero-order chi connectivity index (χ0) is 15.7. The number of rotatable bonds is 8. The van der Waals surface area contributed by atoms with Gasteiger partial charge in [-0.3, -0.25) is 4.99 Å². The maximum atomic E-state index is 5.82. The second-order valence-corrected chi connectivity index (χ2v) is 5.77. The minimum Gasteiger partial charge on any atom is -0.383 e. The molecule has 0 fully saturated rings. The Morgan fingerprint density at radius 1 is 1.23 bits per heavy atom. The molecule has 1 unspecified atom stereocenters. The van der Waals surface area contributed by atoms with Gasteiger partial charge in [0.25, 0.3) is 0 Å². The van der Waals surface area contributed by atoms with E-state index in [-0.39, 0.29) is 30.0 Å². The van der Waals surface area contributed by atoms with Gasteiger partial charge in [-0.1, -0.05) is 38.1 Å². The molecule has 0 radical (unpaired) electrons. The Balaban J connectivity index is 0.00000441. The Hall–Kier alpha value is -0.820. The summed E-state index contributed by atoms with van der Waals surface area (Å²) in [6.07, 6.45) is 2.03. The first-order valence-electron chi connectivity index (χ1n) is 7.67. The Morgan fingerprint density at radius 2 is 1.86 bits per heavy atom. The van der Waals surface area contributed by atoms with Crippen LogP contribution in [-0.2, 0) is 11.2 Å². The summed E-state index contributed by atoms with van der Waals surface area (Å²) in [5.41, 5.74) is 8.56. The van der Waals surface area contributed by atoms with Crippen molar-refractivity contribution in [2.45, 2.75) is 45.6 Å². The van der Waals surface area contributed by atoms with Gasteiger partial charge in [0.1, 0.15) is 0 Å². The van der Waals surface area contributed by atoms with Crippen molar-refractivity contribution in [2.24, 2.45) is 10.7 Å². The summed E-state index contributed by atoms with van der Waals surface area (Å²) >= 11 is 0. The molecule has 0 spiro atoms. The lowest BCUT2D eigenvalue weighted by atomic mass is 10.0. The number of nitrogens with zero attached hydrogens (tertiary/aromatic N) is 1. The average molecular weight is 419 g/mol. The van der Waals surface area contributed by atoms with Crippen LogP contribution in [0.5, 0.6) is 0 Å². The zero-order valence-corrected chi connectivity index (χ0v) is 16.5. The highest BCUT2D eigenvalue weighted by Crippen LogP contribution is 2.15. The fourth-order valence-corrected chi connectivity index (χ4v) is 2.14. The van der Waals surface area contributed by atoms with Gasteiger partial charge in [0.05, 0.1) is 6.61 Å². The van der Waals surface area contributed by atoms with Gasteiger partial charge in [0.2, 0.25) is 0 Å². The summed E-state index contributed by atoms with van der Waals surface area (Å²) in [7, 11) is 1.68. The second-order valence-electron chi connectivity index (χ2n) is 5.77. The molecule has 0 heterocycles. The van der Waals surface area contributed by atoms with Gasteiger partial charge in [0.15, 0.2) is 5.96 Å². The number of ether oxygens (including phenoxy) is 1. The van der Waals surface area contributed by atoms with Gasteiger partial charge in [0, 0.05) is 19.7 Å². The monoisotopic (exact) mass is 419 g/mol. The number of halogens is 1. The summed E-state index contributed by atoms with van der Waals surface area (Å²) in [5, 5.41) is 3.10. The minimum absolute atomic E-state index is 0. The number of nitrogens with one attached hydrogen (secondary N) is 1. The van der Waals surface area contributed by atoms with Crippen LogP contribution in [0.25, 0.3) is 0 Å². The van der Waals surface area contributed by atoms with Crippen molar-refractivity contribution in [3.05, 3.63) is 35.4 Å². The molecule has 0 saturated carbocycles. The van der Waals surface area contributed by atoms with E-state index in [0.717, 1.165) is 19.4 Å². The molecule has 0 aromatic heterocycles. The van der Waals surface area contributed by atoms with Gasteiger partial charge >= 0.3 is 0 Å². The molecule has 0 aliphatic heterocycles. The third kappa shape index (κ3) is 8.58. The lowest BCUT2D eigenvalue weighted by Gasteiger charge is -2.13. The molecule has 1 aromatic carbocycles. The predicted molar refractivity (Wildman–Crippen MR) is 105 cm³/mol. The lowest BCUT2D eigenvalue weighted by Crippen LogP contribution is -2.40. The van der Waals surface area contributed by atoms with E-state index in [1.54, 1.807) is 7.11 Å². The van der Waals surface area contributed by atoms with Gasteiger partial charge < -0.3 is 15.8 Å². The number of aryl methyl sites for hydroxylation is 1. The maximum absolute atomic E-state index is 5.82. The Bertz CT molecular complexity index is 432. The van der Waals surface area contributed by atoms with Crippen LogP contribution in [-0.4, -0.2) is 32.3 Å². The largest absolute Gasteiger partial charge is 0.383 e. The van der Waals surface area contributed by atoms with E-state index < -0.39 is 0 Å². The van der Waals surface area contributed by atoms with Crippen LogP contribution in [0.1, 0.15) is 44.2 Å². The molecule has 1 rings (SSSR count). The zero-order valence-electron chi connectivity index (χ0n) is 14.1. The SMILES string of the molecule is COCC(C)NC(N)=NCCCc1ccc(C(C)C)cc1.I. The van der Waals surface area contributed by atoms with Gasteiger partial charge in [-0.2, -0.15) is 0 Å². The molecule has 126 valence electrons. The van der Waals surface area contributed by atoms with E-state index >= 15 is 0 Å². The van der Waals surface area contributed by atoms with Crippen LogP contribution in [0.3, 0.4) is 0 Å². The third-order valence-electron chi connectivity index (χ3n) is 3.36. The molecule has 0 saturated heterocycles. The predicted octanol–water partition coefficient (Wildman–Crippen LogP) is 3.30. The van der Waals surface area contributed by atoms with Crippen molar-refractivity contribution >= 4 is 29.9 Å². The van der Waals surface area contributed by atoms with E-state index in [4.69, 9.17) is 10.5 Å². The van der Waals surface area contributed by atoms with Gasteiger partial charge in [-0.05, 0) is 36.8 Å². The molecule has 5 heteroatoms. The van der Waals surface area contributed by atoms with Crippen molar-refractivity contribution in [1.29, 1.82) is 0 Å².